The number of hydrogen-bond acceptors (Lipinski definition) is 3. The van der Waals surface area contributed by atoms with Gasteiger partial charge in [-0.15, -0.1) is 24.8 Å². The van der Waals surface area contributed by atoms with Crippen LogP contribution in [0.4, 0.5) is 5.69 Å². The van der Waals surface area contributed by atoms with Gasteiger partial charge in [0.25, 0.3) is 0 Å². The van der Waals surface area contributed by atoms with E-state index < -0.39 is 0 Å². The minimum absolute atomic E-state index is 0. The van der Waals surface area contributed by atoms with Crippen LogP contribution >= 0.6 is 24.8 Å². The first-order chi connectivity index (χ1) is 9.58. The molecule has 2 N–H and O–H groups in total. The second kappa shape index (κ2) is 9.93. The molecule has 0 saturated carbocycles. The van der Waals surface area contributed by atoms with Crippen LogP contribution in [-0.4, -0.2) is 47.9 Å². The predicted octanol–water partition coefficient (Wildman–Crippen LogP) is 2.60. The molecule has 0 radical (unpaired) electrons. The Kier molecular flexibility index (Phi) is 9.49. The quantitative estimate of drug-likeness (QED) is 0.851. The highest BCUT2D eigenvalue weighted by Gasteiger charge is 2.22. The number of nitrogen functional groups attached to an aromatic ring is 1. The molecule has 4 nitrogen and oxygen atoms in total. The van der Waals surface area contributed by atoms with E-state index >= 15 is 0 Å². The van der Waals surface area contributed by atoms with E-state index in [9.17, 15) is 4.79 Å². The first-order valence-electron chi connectivity index (χ1n) is 7.43. The molecule has 0 atom stereocenters. The zero-order valence-corrected chi connectivity index (χ0v) is 15.0. The van der Waals surface area contributed by atoms with Gasteiger partial charge >= 0.3 is 0 Å². The Labute approximate surface area is 145 Å². The van der Waals surface area contributed by atoms with E-state index in [1.165, 1.54) is 0 Å². The lowest BCUT2D eigenvalue weighted by Crippen LogP contribution is -2.50. The Balaban J connectivity index is 0.00000220. The number of anilines is 1. The Morgan fingerprint density at radius 3 is 2.27 bits per heavy atom. The number of amides is 1. The molecular weight excluding hydrogens is 321 g/mol. The fraction of sp³-hybridized carbons (Fsp3) is 0.562. The summed E-state index contributed by atoms with van der Waals surface area (Å²) < 4.78 is 0. The first-order valence-corrected chi connectivity index (χ1v) is 7.43. The van der Waals surface area contributed by atoms with Crippen molar-refractivity contribution in [2.24, 2.45) is 0 Å². The Hall–Kier alpha value is -0.970. The third kappa shape index (κ3) is 5.67. The highest BCUT2D eigenvalue weighted by molar-refractivity contribution is 5.85. The number of carbonyl (C=O) groups is 1. The lowest BCUT2D eigenvalue weighted by Gasteiger charge is -2.37. The minimum atomic E-state index is 0. The molecule has 2 rings (SSSR count). The number of carbonyl (C=O) groups excluding carboxylic acids is 1. The van der Waals surface area contributed by atoms with Crippen LogP contribution in [-0.2, 0) is 11.2 Å². The highest BCUT2D eigenvalue weighted by Crippen LogP contribution is 2.14. The summed E-state index contributed by atoms with van der Waals surface area (Å²) in [4.78, 5) is 16.6. The monoisotopic (exact) mass is 347 g/mol. The molecule has 6 heteroatoms. The maximum absolute atomic E-state index is 12.2. The SMILES string of the molecule is CC(C)N1CCN(C(=O)CCc2ccccc2N)CC1.Cl.Cl. The van der Waals surface area contributed by atoms with Gasteiger partial charge in [-0.3, -0.25) is 9.69 Å². The number of piperazine rings is 1. The van der Waals surface area contributed by atoms with E-state index in [2.05, 4.69) is 18.7 Å². The number of benzene rings is 1. The van der Waals surface area contributed by atoms with Crippen molar-refractivity contribution in [3.05, 3.63) is 29.8 Å². The van der Waals surface area contributed by atoms with Crippen molar-refractivity contribution in [3.63, 3.8) is 0 Å². The Bertz CT molecular complexity index is 460. The van der Waals surface area contributed by atoms with E-state index in [4.69, 9.17) is 5.73 Å². The van der Waals surface area contributed by atoms with E-state index in [1.807, 2.05) is 29.2 Å². The number of aryl methyl sites for hydroxylation is 1. The molecule has 0 spiro atoms. The summed E-state index contributed by atoms with van der Waals surface area (Å²) in [6, 6.07) is 8.35. The Morgan fingerprint density at radius 1 is 1.14 bits per heavy atom. The lowest BCUT2D eigenvalue weighted by molar-refractivity contribution is -0.133. The molecule has 0 bridgehead atoms. The average Bonchev–Trinajstić information content (AvgIpc) is 2.46. The van der Waals surface area contributed by atoms with Crippen LogP contribution < -0.4 is 5.73 Å². The van der Waals surface area contributed by atoms with Gasteiger partial charge in [0, 0.05) is 44.3 Å². The molecule has 1 aromatic carbocycles. The van der Waals surface area contributed by atoms with Crippen LogP contribution in [0.2, 0.25) is 0 Å². The molecule has 0 aromatic heterocycles. The molecule has 0 aliphatic carbocycles. The van der Waals surface area contributed by atoms with Crippen molar-refractivity contribution >= 4 is 36.4 Å². The molecule has 1 aliphatic heterocycles. The molecule has 1 fully saturated rings. The summed E-state index contributed by atoms with van der Waals surface area (Å²) in [5.74, 6) is 0.247. The van der Waals surface area contributed by atoms with Gasteiger partial charge in [-0.1, -0.05) is 18.2 Å². The molecule has 126 valence electrons. The third-order valence-electron chi connectivity index (χ3n) is 4.06. The highest BCUT2D eigenvalue weighted by atomic mass is 35.5. The van der Waals surface area contributed by atoms with Gasteiger partial charge in [-0.25, -0.2) is 0 Å². The van der Waals surface area contributed by atoms with Gasteiger partial charge in [-0.05, 0) is 31.9 Å². The lowest BCUT2D eigenvalue weighted by atomic mass is 10.1. The Morgan fingerprint density at radius 2 is 1.73 bits per heavy atom. The van der Waals surface area contributed by atoms with Gasteiger partial charge in [0.2, 0.25) is 5.91 Å². The normalized spacial score (nSPS) is 15.1. The molecule has 0 unspecified atom stereocenters. The predicted molar refractivity (Wildman–Crippen MR) is 97.0 cm³/mol. The summed E-state index contributed by atoms with van der Waals surface area (Å²) in [6.45, 7) is 8.07. The summed E-state index contributed by atoms with van der Waals surface area (Å²) in [7, 11) is 0. The molecule has 1 saturated heterocycles. The second-order valence-corrected chi connectivity index (χ2v) is 5.71. The average molecular weight is 348 g/mol. The van der Waals surface area contributed by atoms with Crippen LogP contribution in [0.15, 0.2) is 24.3 Å². The van der Waals surface area contributed by atoms with Crippen molar-refractivity contribution in [1.82, 2.24) is 9.80 Å². The third-order valence-corrected chi connectivity index (χ3v) is 4.06. The maximum atomic E-state index is 12.2. The number of para-hydroxylation sites is 1. The summed E-state index contributed by atoms with van der Waals surface area (Å²) >= 11 is 0. The van der Waals surface area contributed by atoms with Crippen LogP contribution in [0.25, 0.3) is 0 Å². The summed E-state index contributed by atoms with van der Waals surface area (Å²) in [6.07, 6.45) is 1.28. The number of nitrogens with two attached hydrogens (primary N) is 1. The van der Waals surface area contributed by atoms with Gasteiger partial charge < -0.3 is 10.6 Å². The fourth-order valence-electron chi connectivity index (χ4n) is 2.65. The van der Waals surface area contributed by atoms with Crippen LogP contribution in [0, 0.1) is 0 Å². The number of halogens is 2. The van der Waals surface area contributed by atoms with E-state index in [-0.39, 0.29) is 30.7 Å². The van der Waals surface area contributed by atoms with Gasteiger partial charge in [0.1, 0.15) is 0 Å². The van der Waals surface area contributed by atoms with Crippen molar-refractivity contribution in [1.29, 1.82) is 0 Å². The molecule has 22 heavy (non-hydrogen) atoms. The van der Waals surface area contributed by atoms with E-state index in [0.29, 0.717) is 12.5 Å². The van der Waals surface area contributed by atoms with Crippen molar-refractivity contribution in [2.75, 3.05) is 31.9 Å². The largest absolute Gasteiger partial charge is 0.399 e. The van der Waals surface area contributed by atoms with Crippen LogP contribution in [0.1, 0.15) is 25.8 Å². The molecule has 1 aromatic rings. The zero-order valence-electron chi connectivity index (χ0n) is 13.3. The number of nitrogens with zero attached hydrogens (tertiary/aromatic N) is 2. The summed E-state index contributed by atoms with van der Waals surface area (Å²) in [5, 5.41) is 0. The van der Waals surface area contributed by atoms with Gasteiger partial charge in [-0.2, -0.15) is 0 Å². The van der Waals surface area contributed by atoms with Crippen molar-refractivity contribution in [3.8, 4) is 0 Å². The molecule has 1 heterocycles. The van der Waals surface area contributed by atoms with Crippen molar-refractivity contribution in [2.45, 2.75) is 32.7 Å². The van der Waals surface area contributed by atoms with E-state index in [0.717, 1.165) is 43.9 Å². The van der Waals surface area contributed by atoms with Crippen LogP contribution in [0.3, 0.4) is 0 Å². The minimum Gasteiger partial charge on any atom is -0.399 e. The maximum Gasteiger partial charge on any atom is 0.222 e. The topological polar surface area (TPSA) is 49.6 Å². The standard InChI is InChI=1S/C16H25N3O.2ClH/c1-13(2)18-9-11-19(12-10-18)16(20)8-7-14-5-3-4-6-15(14)17;;/h3-6,13H,7-12,17H2,1-2H3;2*1H. The number of rotatable bonds is 4. The van der Waals surface area contributed by atoms with E-state index in [1.54, 1.807) is 0 Å². The zero-order chi connectivity index (χ0) is 14.5. The smallest absolute Gasteiger partial charge is 0.222 e. The number of hydrogen-bond donors (Lipinski definition) is 1. The van der Waals surface area contributed by atoms with Gasteiger partial charge in [0.15, 0.2) is 0 Å². The second-order valence-electron chi connectivity index (χ2n) is 5.71. The molecular formula is C16H27Cl2N3O. The van der Waals surface area contributed by atoms with Crippen LogP contribution in [0.5, 0.6) is 0 Å². The molecule has 1 amide bonds. The van der Waals surface area contributed by atoms with Gasteiger partial charge in [0.05, 0.1) is 0 Å². The molecule has 1 aliphatic rings. The fourth-order valence-corrected chi connectivity index (χ4v) is 2.65. The first kappa shape index (κ1) is 21.0. The van der Waals surface area contributed by atoms with Crippen molar-refractivity contribution < 1.29 is 4.79 Å². The summed E-state index contributed by atoms with van der Waals surface area (Å²) in [5.41, 5.74) is 7.76.